The molecular weight excluding hydrogens is 573 g/mol. The molecule has 3 atom stereocenters. The average Bonchev–Trinajstić information content (AvgIpc) is 3.77. The van der Waals surface area contributed by atoms with E-state index >= 15 is 0 Å². The van der Waals surface area contributed by atoms with Crippen LogP contribution in [0.15, 0.2) is 36.4 Å². The maximum absolute atomic E-state index is 13.5. The zero-order chi connectivity index (χ0) is 29.5. The van der Waals surface area contributed by atoms with Crippen molar-refractivity contribution in [2.45, 2.75) is 63.5 Å². The summed E-state index contributed by atoms with van der Waals surface area (Å²) >= 11 is 0. The van der Waals surface area contributed by atoms with Gasteiger partial charge in [-0.15, -0.1) is 0 Å². The van der Waals surface area contributed by atoms with Crippen LogP contribution in [0.5, 0.6) is 5.75 Å². The van der Waals surface area contributed by atoms with Crippen LogP contribution in [0.2, 0.25) is 0 Å². The average molecular weight is 608 g/mol. The fourth-order valence-electron chi connectivity index (χ4n) is 6.36. The minimum atomic E-state index is -4.74. The molecule has 2 fully saturated rings. The largest absolute Gasteiger partial charge is 0.489 e. The van der Waals surface area contributed by atoms with E-state index in [4.69, 9.17) is 9.47 Å². The molecular formula is C30H34F6N2NaO3. The molecule has 1 aliphatic carbocycles. The van der Waals surface area contributed by atoms with Crippen molar-refractivity contribution in [3.8, 4) is 5.75 Å². The quantitative estimate of drug-likeness (QED) is 0.215. The molecule has 2 heterocycles. The van der Waals surface area contributed by atoms with Gasteiger partial charge in [0.15, 0.2) is 0 Å². The van der Waals surface area contributed by atoms with Gasteiger partial charge >= 0.3 is 18.3 Å². The number of carbonyl (C=O) groups excluding carboxylic acids is 1. The molecule has 42 heavy (non-hydrogen) atoms. The standard InChI is InChI=1S/C30H34F6N2O3.Na/c1-17(28(39)40-2)27(19-3-4-19)20-5-8-26-24(14-20)37-25(16-41-26)18-9-11-38(12-10-18)15-21-13-22(29(31,32)33)6-7-23(21)30(34,35)36;/h5-8,13-14,17-19,25,27,37H,3-4,9-12,15-16H2,1-2H3;/t17-,25+,27-;/m0./s1. The van der Waals surface area contributed by atoms with Crippen molar-refractivity contribution < 1.29 is 40.6 Å². The summed E-state index contributed by atoms with van der Waals surface area (Å²) in [7, 11) is 1.40. The van der Waals surface area contributed by atoms with E-state index in [1.54, 1.807) is 4.90 Å². The van der Waals surface area contributed by atoms with Gasteiger partial charge in [-0.3, -0.25) is 9.69 Å². The second-order valence-corrected chi connectivity index (χ2v) is 11.5. The third-order valence-electron chi connectivity index (χ3n) is 8.72. The molecule has 0 spiro atoms. The Labute approximate surface area is 263 Å². The van der Waals surface area contributed by atoms with E-state index in [0.717, 1.165) is 29.8 Å². The van der Waals surface area contributed by atoms with E-state index in [-0.39, 0.29) is 71.4 Å². The third-order valence-corrected chi connectivity index (χ3v) is 8.72. The maximum atomic E-state index is 13.5. The molecule has 0 amide bonds. The summed E-state index contributed by atoms with van der Waals surface area (Å²) < 4.78 is 91.3. The first-order chi connectivity index (χ1) is 19.3. The molecule has 225 valence electrons. The zero-order valence-corrected chi connectivity index (χ0v) is 25.9. The molecule has 0 unspecified atom stereocenters. The summed E-state index contributed by atoms with van der Waals surface area (Å²) in [6.07, 6.45) is -5.98. The van der Waals surface area contributed by atoms with Crippen molar-refractivity contribution in [2.75, 3.05) is 32.1 Å². The van der Waals surface area contributed by atoms with Gasteiger partial charge in [0, 0.05) is 36.1 Å². The maximum Gasteiger partial charge on any atom is 0.416 e. The predicted octanol–water partition coefficient (Wildman–Crippen LogP) is 6.73. The summed E-state index contributed by atoms with van der Waals surface area (Å²) in [5.74, 6) is 0.884. The summed E-state index contributed by atoms with van der Waals surface area (Å²) in [6, 6.07) is 7.59. The van der Waals surface area contributed by atoms with Crippen molar-refractivity contribution in [3.05, 3.63) is 58.7 Å². The summed E-state index contributed by atoms with van der Waals surface area (Å²) in [4.78, 5) is 14.1. The van der Waals surface area contributed by atoms with Gasteiger partial charge in [-0.2, -0.15) is 26.3 Å². The second-order valence-electron chi connectivity index (χ2n) is 11.5. The normalized spacial score (nSPS) is 21.3. The van der Waals surface area contributed by atoms with E-state index in [9.17, 15) is 31.1 Å². The van der Waals surface area contributed by atoms with E-state index < -0.39 is 23.5 Å². The van der Waals surface area contributed by atoms with Crippen molar-refractivity contribution in [1.82, 2.24) is 4.90 Å². The Hall–Kier alpha value is -1.95. The number of rotatable bonds is 7. The zero-order valence-electron chi connectivity index (χ0n) is 23.9. The van der Waals surface area contributed by atoms with E-state index in [1.807, 2.05) is 25.1 Å². The van der Waals surface area contributed by atoms with Gasteiger partial charge < -0.3 is 14.8 Å². The fraction of sp³-hybridized carbons (Fsp3) is 0.567. The molecule has 5 nitrogen and oxygen atoms in total. The topological polar surface area (TPSA) is 50.8 Å². The number of likely N-dealkylation sites (tertiary alicyclic amines) is 1. The van der Waals surface area contributed by atoms with E-state index in [2.05, 4.69) is 5.32 Å². The number of benzene rings is 2. The number of hydrogen-bond acceptors (Lipinski definition) is 5. The molecule has 2 aromatic rings. The number of halogens is 6. The first-order valence-corrected chi connectivity index (χ1v) is 14.0. The predicted molar refractivity (Wildman–Crippen MR) is 146 cm³/mol. The second kappa shape index (κ2) is 13.0. The number of alkyl halides is 6. The monoisotopic (exact) mass is 607 g/mol. The Kier molecular flexibility index (Phi) is 10.2. The number of anilines is 1. The first kappa shape index (κ1) is 33.0. The Bertz CT molecular complexity index is 1260. The number of fused-ring (bicyclic) bond motifs is 1. The number of hydrogen-bond donors (Lipinski definition) is 1. The third kappa shape index (κ3) is 7.39. The molecule has 1 saturated carbocycles. The first-order valence-electron chi connectivity index (χ1n) is 14.0. The van der Waals surface area contributed by atoms with Gasteiger partial charge in [0.1, 0.15) is 12.4 Å². The molecule has 12 heteroatoms. The van der Waals surface area contributed by atoms with Crippen LogP contribution in [0.3, 0.4) is 0 Å². The molecule has 5 rings (SSSR count). The minimum absolute atomic E-state index is 0. The van der Waals surface area contributed by atoms with Crippen molar-refractivity contribution >= 4 is 41.2 Å². The van der Waals surface area contributed by atoms with Crippen LogP contribution in [-0.2, 0) is 28.4 Å². The number of ether oxygens (including phenoxy) is 2. The SMILES string of the molecule is COC(=O)[C@@H](C)[C@H](c1ccc2c(c1)N[C@@H](C1CCN(Cc3cc(C(F)(F)F)ccc3C(F)(F)F)CC1)CO2)C1CC1.[Na]. The van der Waals surface area contributed by atoms with Crippen LogP contribution in [0.4, 0.5) is 32.0 Å². The van der Waals surface area contributed by atoms with E-state index in [1.165, 1.54) is 7.11 Å². The Morgan fingerprint density at radius 1 is 1.02 bits per heavy atom. The molecule has 0 aromatic heterocycles. The van der Waals surface area contributed by atoms with Crippen LogP contribution in [0, 0.1) is 17.8 Å². The molecule has 2 aliphatic heterocycles. The van der Waals surface area contributed by atoms with Crippen molar-refractivity contribution in [1.29, 1.82) is 0 Å². The van der Waals surface area contributed by atoms with Crippen LogP contribution in [0.25, 0.3) is 0 Å². The fourth-order valence-corrected chi connectivity index (χ4v) is 6.36. The number of nitrogens with one attached hydrogen (secondary N) is 1. The van der Waals surface area contributed by atoms with Gasteiger partial charge in [0.25, 0.3) is 0 Å². The van der Waals surface area contributed by atoms with Gasteiger partial charge in [-0.1, -0.05) is 13.0 Å². The molecule has 2 aromatic carbocycles. The number of nitrogens with zero attached hydrogens (tertiary/aromatic N) is 1. The van der Waals surface area contributed by atoms with Gasteiger partial charge in [-0.05, 0) is 98.0 Å². The summed E-state index contributed by atoms with van der Waals surface area (Å²) in [5, 5.41) is 3.59. The Morgan fingerprint density at radius 3 is 2.31 bits per heavy atom. The summed E-state index contributed by atoms with van der Waals surface area (Å²) in [5.41, 5.74) is -0.576. The van der Waals surface area contributed by atoms with Gasteiger partial charge in [0.05, 0.1) is 35.9 Å². The number of methoxy groups -OCH3 is 1. The van der Waals surface area contributed by atoms with Gasteiger partial charge in [-0.25, -0.2) is 0 Å². The molecule has 1 saturated heterocycles. The van der Waals surface area contributed by atoms with Crippen LogP contribution in [0.1, 0.15) is 60.8 Å². The molecule has 1 N–H and O–H groups in total. The van der Waals surface area contributed by atoms with Crippen LogP contribution in [-0.4, -0.2) is 73.3 Å². The Morgan fingerprint density at radius 2 is 1.71 bits per heavy atom. The van der Waals surface area contributed by atoms with Crippen molar-refractivity contribution in [3.63, 3.8) is 0 Å². The molecule has 1 radical (unpaired) electrons. The van der Waals surface area contributed by atoms with Crippen LogP contribution < -0.4 is 10.1 Å². The number of carbonyl (C=O) groups is 1. The molecule has 0 bridgehead atoms. The smallest absolute Gasteiger partial charge is 0.416 e. The molecule has 3 aliphatic rings. The number of piperidine rings is 1. The van der Waals surface area contributed by atoms with E-state index in [0.29, 0.717) is 56.7 Å². The number of esters is 1. The minimum Gasteiger partial charge on any atom is -0.489 e. The van der Waals surface area contributed by atoms with Crippen LogP contribution >= 0.6 is 0 Å². The summed E-state index contributed by atoms with van der Waals surface area (Å²) in [6.45, 7) is 3.06. The van der Waals surface area contributed by atoms with Gasteiger partial charge in [0.2, 0.25) is 0 Å². The van der Waals surface area contributed by atoms with Crippen molar-refractivity contribution in [2.24, 2.45) is 17.8 Å². The Balaban J connectivity index is 0.00000405.